The Morgan fingerprint density at radius 1 is 0.929 bits per heavy atom. The van der Waals surface area contributed by atoms with Gasteiger partial charge in [-0.2, -0.15) is 5.26 Å². The van der Waals surface area contributed by atoms with E-state index in [-0.39, 0.29) is 5.56 Å². The quantitative estimate of drug-likeness (QED) is 0.548. The fourth-order valence-electron chi connectivity index (χ4n) is 2.98. The Morgan fingerprint density at radius 2 is 1.71 bits per heavy atom. The fourth-order valence-corrected chi connectivity index (χ4v) is 2.98. The van der Waals surface area contributed by atoms with E-state index in [0.717, 1.165) is 0 Å². The predicted molar refractivity (Wildman–Crippen MR) is 103 cm³/mol. The molecule has 28 heavy (non-hydrogen) atoms. The topological polar surface area (TPSA) is 71.6 Å². The van der Waals surface area contributed by atoms with Crippen molar-refractivity contribution in [1.29, 1.82) is 5.26 Å². The SMILES string of the molecule is N#Cc1ccccc1-c1cc(-c2ncccn2)cn(-c2cccc(F)c2)c1=O. The highest BCUT2D eigenvalue weighted by Gasteiger charge is 2.15. The van der Waals surface area contributed by atoms with Gasteiger partial charge < -0.3 is 0 Å². The van der Waals surface area contributed by atoms with E-state index in [1.165, 1.54) is 22.8 Å². The van der Waals surface area contributed by atoms with Crippen molar-refractivity contribution >= 4 is 0 Å². The third kappa shape index (κ3) is 3.17. The zero-order valence-electron chi connectivity index (χ0n) is 14.6. The number of nitriles is 1. The molecule has 0 aliphatic carbocycles. The highest BCUT2D eigenvalue weighted by Crippen LogP contribution is 2.25. The minimum Gasteiger partial charge on any atom is -0.283 e. The molecule has 0 saturated heterocycles. The van der Waals surface area contributed by atoms with Crippen LogP contribution >= 0.6 is 0 Å². The first-order valence-corrected chi connectivity index (χ1v) is 8.47. The molecule has 0 aliphatic heterocycles. The highest BCUT2D eigenvalue weighted by atomic mass is 19.1. The van der Waals surface area contributed by atoms with Crippen LogP contribution in [0.25, 0.3) is 28.2 Å². The Kier molecular flexibility index (Phi) is 4.48. The van der Waals surface area contributed by atoms with E-state index < -0.39 is 5.82 Å². The molecule has 0 unspecified atom stereocenters. The van der Waals surface area contributed by atoms with Crippen LogP contribution in [0, 0.1) is 17.1 Å². The number of pyridine rings is 1. The zero-order valence-corrected chi connectivity index (χ0v) is 14.6. The van der Waals surface area contributed by atoms with Crippen LogP contribution in [0.1, 0.15) is 5.56 Å². The molecule has 4 rings (SSSR count). The van der Waals surface area contributed by atoms with Crippen LogP contribution in [0.3, 0.4) is 0 Å². The third-order valence-electron chi connectivity index (χ3n) is 4.27. The summed E-state index contributed by atoms with van der Waals surface area (Å²) in [5, 5.41) is 9.45. The Morgan fingerprint density at radius 3 is 2.46 bits per heavy atom. The largest absolute Gasteiger partial charge is 0.283 e. The molecule has 2 aromatic carbocycles. The molecule has 0 saturated carbocycles. The molecular weight excluding hydrogens is 355 g/mol. The molecule has 0 N–H and O–H groups in total. The van der Waals surface area contributed by atoms with E-state index in [2.05, 4.69) is 16.0 Å². The van der Waals surface area contributed by atoms with Gasteiger partial charge in [-0.3, -0.25) is 9.36 Å². The maximum Gasteiger partial charge on any atom is 0.263 e. The zero-order chi connectivity index (χ0) is 19.5. The predicted octanol–water partition coefficient (Wildman–Crippen LogP) is 3.97. The standard InChI is InChI=1S/C22H13FN4O/c23-17-6-3-7-18(12-17)27-14-16(21-25-9-4-10-26-21)11-20(22(27)28)19-8-2-1-5-15(19)13-24/h1-12,14H. The van der Waals surface area contributed by atoms with E-state index >= 15 is 0 Å². The van der Waals surface area contributed by atoms with Gasteiger partial charge in [-0.1, -0.05) is 24.3 Å². The minimum absolute atomic E-state index is 0.311. The molecule has 0 fully saturated rings. The molecule has 0 spiro atoms. The molecule has 0 amide bonds. The molecule has 0 bridgehead atoms. The van der Waals surface area contributed by atoms with Gasteiger partial charge in [-0.15, -0.1) is 0 Å². The summed E-state index contributed by atoms with van der Waals surface area (Å²) in [6.07, 6.45) is 4.77. The van der Waals surface area contributed by atoms with Gasteiger partial charge >= 0.3 is 0 Å². The van der Waals surface area contributed by atoms with Gasteiger partial charge in [0.25, 0.3) is 5.56 Å². The van der Waals surface area contributed by atoms with Gasteiger partial charge in [0.15, 0.2) is 5.82 Å². The summed E-state index contributed by atoms with van der Waals surface area (Å²) in [4.78, 5) is 21.7. The van der Waals surface area contributed by atoms with Crippen molar-refractivity contribution < 1.29 is 4.39 Å². The Hall–Kier alpha value is -4.11. The Bertz CT molecular complexity index is 1260. The first-order chi connectivity index (χ1) is 13.7. The summed E-state index contributed by atoms with van der Waals surface area (Å²) >= 11 is 0. The van der Waals surface area contributed by atoms with Crippen molar-refractivity contribution in [2.75, 3.05) is 0 Å². The van der Waals surface area contributed by atoms with E-state index in [0.29, 0.717) is 33.8 Å². The number of hydrogen-bond acceptors (Lipinski definition) is 4. The van der Waals surface area contributed by atoms with Crippen molar-refractivity contribution in [3.05, 3.63) is 101 Å². The second-order valence-corrected chi connectivity index (χ2v) is 6.03. The van der Waals surface area contributed by atoms with E-state index in [9.17, 15) is 14.4 Å². The lowest BCUT2D eigenvalue weighted by atomic mass is 10.00. The average molecular weight is 368 g/mol. The van der Waals surface area contributed by atoms with E-state index in [1.54, 1.807) is 61.1 Å². The second kappa shape index (κ2) is 7.25. The highest BCUT2D eigenvalue weighted by molar-refractivity contribution is 5.74. The van der Waals surface area contributed by atoms with E-state index in [1.807, 2.05) is 0 Å². The van der Waals surface area contributed by atoms with Gasteiger partial charge in [0.1, 0.15) is 5.82 Å². The fraction of sp³-hybridized carbons (Fsp3) is 0. The number of rotatable bonds is 3. The maximum absolute atomic E-state index is 13.8. The van der Waals surface area contributed by atoms with Crippen LogP contribution in [-0.2, 0) is 0 Å². The summed E-state index contributed by atoms with van der Waals surface area (Å²) in [6.45, 7) is 0. The van der Waals surface area contributed by atoms with Gasteiger partial charge in [0, 0.05) is 35.3 Å². The molecule has 0 atom stereocenters. The number of benzene rings is 2. The molecule has 6 heteroatoms. The van der Waals surface area contributed by atoms with Gasteiger partial charge in [-0.05, 0) is 36.4 Å². The summed E-state index contributed by atoms with van der Waals surface area (Å²) in [5.74, 6) is -0.0342. The number of hydrogen-bond donors (Lipinski definition) is 0. The maximum atomic E-state index is 13.8. The number of halogens is 1. The van der Waals surface area contributed by atoms with Crippen molar-refractivity contribution in [3.63, 3.8) is 0 Å². The molecule has 134 valence electrons. The number of aromatic nitrogens is 3. The van der Waals surface area contributed by atoms with Crippen molar-refractivity contribution in [2.24, 2.45) is 0 Å². The molecule has 4 aromatic rings. The normalized spacial score (nSPS) is 10.4. The van der Waals surface area contributed by atoms with Crippen molar-refractivity contribution in [2.45, 2.75) is 0 Å². The molecule has 2 heterocycles. The van der Waals surface area contributed by atoms with Crippen LogP contribution in [0.2, 0.25) is 0 Å². The lowest BCUT2D eigenvalue weighted by Gasteiger charge is -2.12. The molecule has 5 nitrogen and oxygen atoms in total. The van der Waals surface area contributed by atoms with Crippen LogP contribution in [0.5, 0.6) is 0 Å². The molecule has 0 radical (unpaired) electrons. The first-order valence-electron chi connectivity index (χ1n) is 8.47. The molecule has 0 aliphatic rings. The summed E-state index contributed by atoms with van der Waals surface area (Å²) in [5.41, 5.74) is 1.76. The Balaban J connectivity index is 2.05. The Labute approximate surface area is 160 Å². The van der Waals surface area contributed by atoms with Gasteiger partial charge in [0.05, 0.1) is 17.3 Å². The van der Waals surface area contributed by atoms with Crippen LogP contribution in [0.15, 0.2) is 84.0 Å². The van der Waals surface area contributed by atoms with Crippen molar-refractivity contribution in [1.82, 2.24) is 14.5 Å². The monoisotopic (exact) mass is 368 g/mol. The second-order valence-electron chi connectivity index (χ2n) is 6.03. The average Bonchev–Trinajstić information content (AvgIpc) is 2.74. The smallest absolute Gasteiger partial charge is 0.263 e. The summed E-state index contributed by atoms with van der Waals surface area (Å²) < 4.78 is 15.1. The first kappa shape index (κ1) is 17.3. The number of nitrogens with zero attached hydrogens (tertiary/aromatic N) is 4. The van der Waals surface area contributed by atoms with Crippen LogP contribution in [0.4, 0.5) is 4.39 Å². The van der Waals surface area contributed by atoms with Crippen LogP contribution < -0.4 is 5.56 Å². The van der Waals surface area contributed by atoms with E-state index in [4.69, 9.17) is 0 Å². The third-order valence-corrected chi connectivity index (χ3v) is 4.27. The summed E-state index contributed by atoms with van der Waals surface area (Å²) in [6, 6.07) is 18.1. The summed E-state index contributed by atoms with van der Waals surface area (Å²) in [7, 11) is 0. The minimum atomic E-state index is -0.454. The van der Waals surface area contributed by atoms with Gasteiger partial charge in [0.2, 0.25) is 0 Å². The molecule has 2 aromatic heterocycles. The van der Waals surface area contributed by atoms with Crippen molar-refractivity contribution in [3.8, 4) is 34.3 Å². The van der Waals surface area contributed by atoms with Gasteiger partial charge in [-0.25, -0.2) is 14.4 Å². The van der Waals surface area contributed by atoms with Crippen LogP contribution in [-0.4, -0.2) is 14.5 Å². The molecular formula is C22H13FN4O. The lowest BCUT2D eigenvalue weighted by Crippen LogP contribution is -2.20. The lowest BCUT2D eigenvalue weighted by molar-refractivity contribution is 0.626.